The van der Waals surface area contributed by atoms with Crippen LogP contribution in [0.15, 0.2) is 12.1 Å². The summed E-state index contributed by atoms with van der Waals surface area (Å²) in [5, 5.41) is 8.88. The Labute approximate surface area is 120 Å². The molecule has 0 aliphatic carbocycles. The lowest BCUT2D eigenvalue weighted by Crippen LogP contribution is -2.47. The maximum Gasteiger partial charge on any atom is 0.416 e. The van der Waals surface area contributed by atoms with Crippen molar-refractivity contribution in [3.8, 4) is 0 Å². The lowest BCUT2D eigenvalue weighted by molar-refractivity contribution is -0.137. The van der Waals surface area contributed by atoms with Crippen LogP contribution in [0.2, 0.25) is 0 Å². The van der Waals surface area contributed by atoms with Crippen LogP contribution < -0.4 is 16.2 Å². The van der Waals surface area contributed by atoms with Gasteiger partial charge in [0.2, 0.25) is 0 Å². The van der Waals surface area contributed by atoms with Gasteiger partial charge in [0.25, 0.3) is 0 Å². The molecule has 0 aromatic carbocycles. The number of piperazine rings is 1. The van der Waals surface area contributed by atoms with Crippen LogP contribution >= 0.6 is 0 Å². The topological polar surface area (TPSA) is 77.7 Å². The number of rotatable bonds is 4. The van der Waals surface area contributed by atoms with Crippen molar-refractivity contribution in [1.29, 1.82) is 0 Å². The summed E-state index contributed by atoms with van der Waals surface area (Å²) in [6.07, 6.45) is -4.44. The van der Waals surface area contributed by atoms with E-state index in [1.165, 1.54) is 0 Å². The number of hydrogen-bond donors (Lipinski definition) is 3. The molecule has 0 saturated carbocycles. The quantitative estimate of drug-likeness (QED) is 0.555. The lowest BCUT2D eigenvalue weighted by Gasteiger charge is -2.35. The number of alkyl halides is 3. The smallest absolute Gasteiger partial charge is 0.395 e. The minimum atomic E-state index is -4.44. The largest absolute Gasteiger partial charge is 0.416 e. The van der Waals surface area contributed by atoms with Gasteiger partial charge in [-0.1, -0.05) is 0 Å². The van der Waals surface area contributed by atoms with Crippen molar-refractivity contribution >= 4 is 11.6 Å². The third-order valence-corrected chi connectivity index (χ3v) is 3.40. The lowest BCUT2D eigenvalue weighted by atomic mass is 10.2. The molecule has 0 bridgehead atoms. The van der Waals surface area contributed by atoms with Crippen LogP contribution in [0.5, 0.6) is 0 Å². The van der Waals surface area contributed by atoms with Crippen LogP contribution in [0.25, 0.3) is 0 Å². The van der Waals surface area contributed by atoms with Gasteiger partial charge in [0.15, 0.2) is 0 Å². The van der Waals surface area contributed by atoms with Gasteiger partial charge < -0.3 is 15.4 Å². The van der Waals surface area contributed by atoms with E-state index in [4.69, 9.17) is 10.9 Å². The van der Waals surface area contributed by atoms with Crippen molar-refractivity contribution in [2.45, 2.75) is 6.18 Å². The highest BCUT2D eigenvalue weighted by Crippen LogP contribution is 2.32. The first-order valence-electron chi connectivity index (χ1n) is 6.58. The Bertz CT molecular complexity index is 474. The highest BCUT2D eigenvalue weighted by Gasteiger charge is 2.32. The summed E-state index contributed by atoms with van der Waals surface area (Å²) in [5.41, 5.74) is 1.39. The Hall–Kier alpha value is -1.58. The highest BCUT2D eigenvalue weighted by atomic mass is 19.4. The molecule has 1 fully saturated rings. The Morgan fingerprint density at radius 3 is 2.43 bits per heavy atom. The van der Waals surface area contributed by atoms with Crippen molar-refractivity contribution in [3.05, 3.63) is 17.7 Å². The zero-order chi connectivity index (χ0) is 15.5. The van der Waals surface area contributed by atoms with Crippen molar-refractivity contribution in [2.75, 3.05) is 49.7 Å². The van der Waals surface area contributed by atoms with E-state index in [0.717, 1.165) is 12.1 Å². The molecule has 0 spiro atoms. The van der Waals surface area contributed by atoms with Crippen LogP contribution in [0.4, 0.5) is 24.8 Å². The van der Waals surface area contributed by atoms with E-state index in [1.807, 2.05) is 4.90 Å². The molecule has 1 aliphatic heterocycles. The number of hydrogen-bond acceptors (Lipinski definition) is 6. The Morgan fingerprint density at radius 1 is 1.24 bits per heavy atom. The molecule has 9 heteroatoms. The van der Waals surface area contributed by atoms with Crippen LogP contribution in [-0.2, 0) is 6.18 Å². The fraction of sp³-hybridized carbons (Fsp3) is 0.583. The van der Waals surface area contributed by atoms with E-state index in [-0.39, 0.29) is 18.2 Å². The number of nitrogens with one attached hydrogen (secondary N) is 1. The monoisotopic (exact) mass is 305 g/mol. The molecule has 2 heterocycles. The van der Waals surface area contributed by atoms with Crippen molar-refractivity contribution < 1.29 is 18.3 Å². The summed E-state index contributed by atoms with van der Waals surface area (Å²) < 4.78 is 38.6. The first kappa shape index (κ1) is 15.8. The molecule has 6 nitrogen and oxygen atoms in total. The molecule has 0 unspecified atom stereocenters. The maximum atomic E-state index is 12.9. The van der Waals surface area contributed by atoms with E-state index in [1.54, 1.807) is 4.90 Å². The predicted molar refractivity (Wildman–Crippen MR) is 72.8 cm³/mol. The fourth-order valence-corrected chi connectivity index (χ4v) is 2.26. The Kier molecular flexibility index (Phi) is 4.86. The first-order chi connectivity index (χ1) is 9.94. The van der Waals surface area contributed by atoms with Gasteiger partial charge in [0, 0.05) is 32.7 Å². The van der Waals surface area contributed by atoms with Gasteiger partial charge in [-0.2, -0.15) is 13.2 Å². The Balaban J connectivity index is 2.16. The highest BCUT2D eigenvalue weighted by molar-refractivity contribution is 5.51. The van der Waals surface area contributed by atoms with Gasteiger partial charge in [-0.3, -0.25) is 4.90 Å². The summed E-state index contributed by atoms with van der Waals surface area (Å²) in [7, 11) is 0. The SMILES string of the molecule is NNc1cc(C(F)(F)F)cc(N2CCN(CCO)CC2)n1. The van der Waals surface area contributed by atoms with Crippen molar-refractivity contribution in [1.82, 2.24) is 9.88 Å². The number of anilines is 2. The number of aliphatic hydroxyl groups is 1. The number of aromatic nitrogens is 1. The van der Waals surface area contributed by atoms with Crippen LogP contribution in [-0.4, -0.2) is 54.3 Å². The molecule has 0 atom stereocenters. The summed E-state index contributed by atoms with van der Waals surface area (Å²) in [6.45, 7) is 3.09. The van der Waals surface area contributed by atoms with Crippen LogP contribution in [0, 0.1) is 0 Å². The molecule has 1 aromatic rings. The average Bonchev–Trinajstić information content (AvgIpc) is 2.47. The van der Waals surface area contributed by atoms with Gasteiger partial charge >= 0.3 is 6.18 Å². The first-order valence-corrected chi connectivity index (χ1v) is 6.58. The summed E-state index contributed by atoms with van der Waals surface area (Å²) in [4.78, 5) is 7.91. The predicted octanol–water partition coefficient (Wildman–Crippen LogP) is 0.500. The number of halogens is 3. The second-order valence-corrected chi connectivity index (χ2v) is 4.79. The van der Waals surface area contributed by atoms with E-state index in [2.05, 4.69) is 10.4 Å². The number of nitrogen functional groups attached to an aromatic ring is 1. The molecule has 1 saturated heterocycles. The van der Waals surface area contributed by atoms with Gasteiger partial charge in [0.05, 0.1) is 12.2 Å². The summed E-state index contributed by atoms with van der Waals surface area (Å²) in [5.74, 6) is 5.42. The minimum Gasteiger partial charge on any atom is -0.395 e. The molecule has 21 heavy (non-hydrogen) atoms. The molecule has 0 radical (unpaired) electrons. The zero-order valence-electron chi connectivity index (χ0n) is 11.4. The molecular weight excluding hydrogens is 287 g/mol. The van der Waals surface area contributed by atoms with Crippen LogP contribution in [0.1, 0.15) is 5.56 Å². The average molecular weight is 305 g/mol. The summed E-state index contributed by atoms with van der Waals surface area (Å²) >= 11 is 0. The molecule has 1 aromatic heterocycles. The van der Waals surface area contributed by atoms with Gasteiger partial charge in [-0.25, -0.2) is 10.8 Å². The van der Waals surface area contributed by atoms with Crippen molar-refractivity contribution in [3.63, 3.8) is 0 Å². The van der Waals surface area contributed by atoms with Gasteiger partial charge in [-0.05, 0) is 12.1 Å². The number of nitrogens with two attached hydrogens (primary N) is 1. The fourth-order valence-electron chi connectivity index (χ4n) is 2.26. The number of nitrogens with zero attached hydrogens (tertiary/aromatic N) is 3. The minimum absolute atomic E-state index is 0.0161. The maximum absolute atomic E-state index is 12.9. The molecular formula is C12H18F3N5O. The van der Waals surface area contributed by atoms with E-state index in [9.17, 15) is 13.2 Å². The third-order valence-electron chi connectivity index (χ3n) is 3.40. The Morgan fingerprint density at radius 2 is 1.90 bits per heavy atom. The van der Waals surface area contributed by atoms with Crippen molar-refractivity contribution in [2.24, 2.45) is 5.84 Å². The summed E-state index contributed by atoms with van der Waals surface area (Å²) in [6, 6.07) is 1.91. The van der Waals surface area contributed by atoms with Gasteiger partial charge in [-0.15, -0.1) is 0 Å². The molecule has 4 N–H and O–H groups in total. The molecule has 0 amide bonds. The van der Waals surface area contributed by atoms with Gasteiger partial charge in [0.1, 0.15) is 11.6 Å². The van der Waals surface area contributed by atoms with E-state index in [0.29, 0.717) is 32.7 Å². The molecule has 2 rings (SSSR count). The number of aliphatic hydroxyl groups excluding tert-OH is 1. The second kappa shape index (κ2) is 6.46. The number of β-amino-alcohol motifs (C(OH)–C–C–N with tert-alkyl or cyclic N) is 1. The standard InChI is InChI=1S/C12H18F3N5O/c13-12(14,15)9-7-10(18-16)17-11(8-9)20-3-1-19(2-4-20)5-6-21/h7-8,21H,1-6,16H2,(H,17,18). The van der Waals surface area contributed by atoms with E-state index < -0.39 is 11.7 Å². The molecule has 118 valence electrons. The molecule has 1 aliphatic rings. The zero-order valence-corrected chi connectivity index (χ0v) is 11.4. The third kappa shape index (κ3) is 3.96. The number of pyridine rings is 1. The number of hydrazine groups is 1. The van der Waals surface area contributed by atoms with Crippen LogP contribution in [0.3, 0.4) is 0 Å². The van der Waals surface area contributed by atoms with E-state index >= 15 is 0 Å². The normalized spacial score (nSPS) is 17.1. The second-order valence-electron chi connectivity index (χ2n) is 4.79.